The van der Waals surface area contributed by atoms with E-state index in [-0.39, 0.29) is 6.61 Å². The predicted molar refractivity (Wildman–Crippen MR) is 89.1 cm³/mol. The molecular formula is C16H16N4O2S. The molecule has 1 aromatic heterocycles. The molecule has 1 heterocycles. The second-order valence-electron chi connectivity index (χ2n) is 5.09. The van der Waals surface area contributed by atoms with E-state index in [0.717, 1.165) is 28.7 Å². The van der Waals surface area contributed by atoms with Gasteiger partial charge in [0, 0.05) is 13.1 Å². The molecule has 3 aromatic rings. The van der Waals surface area contributed by atoms with Gasteiger partial charge in [-0.1, -0.05) is 18.2 Å². The van der Waals surface area contributed by atoms with E-state index >= 15 is 0 Å². The smallest absolute Gasteiger partial charge is 0.255 e. The van der Waals surface area contributed by atoms with Crippen LogP contribution in [0.2, 0.25) is 0 Å². The summed E-state index contributed by atoms with van der Waals surface area (Å²) in [5.74, 6) is 0.151. The Morgan fingerprint density at radius 1 is 1.09 bits per heavy atom. The van der Waals surface area contributed by atoms with Crippen molar-refractivity contribution in [2.75, 3.05) is 6.61 Å². The Kier molecular flexibility index (Phi) is 4.80. The topological polar surface area (TPSA) is 90.1 Å². The molecule has 0 unspecified atom stereocenters. The van der Waals surface area contributed by atoms with Crippen LogP contribution in [0.3, 0.4) is 0 Å². The number of nitrogens with zero attached hydrogens (tertiary/aromatic N) is 2. The van der Waals surface area contributed by atoms with Gasteiger partial charge < -0.3 is 15.8 Å². The molecule has 0 saturated heterocycles. The van der Waals surface area contributed by atoms with E-state index in [4.69, 9.17) is 10.5 Å². The summed E-state index contributed by atoms with van der Waals surface area (Å²) in [5.41, 5.74) is 9.16. The van der Waals surface area contributed by atoms with Crippen molar-refractivity contribution in [2.45, 2.75) is 13.1 Å². The van der Waals surface area contributed by atoms with Gasteiger partial charge in [-0.25, -0.2) is 0 Å². The van der Waals surface area contributed by atoms with E-state index in [0.29, 0.717) is 12.3 Å². The van der Waals surface area contributed by atoms with Crippen LogP contribution in [-0.4, -0.2) is 21.3 Å². The molecule has 1 amide bonds. The lowest BCUT2D eigenvalue weighted by Gasteiger charge is -2.08. The predicted octanol–water partition coefficient (Wildman–Crippen LogP) is 1.85. The van der Waals surface area contributed by atoms with E-state index in [1.807, 2.05) is 36.4 Å². The number of hydrogen-bond donors (Lipinski definition) is 2. The molecule has 3 rings (SSSR count). The minimum atomic E-state index is -0.486. The average molecular weight is 328 g/mol. The summed E-state index contributed by atoms with van der Waals surface area (Å²) in [6.07, 6.45) is 0. The first-order valence-corrected chi connectivity index (χ1v) is 7.86. The highest BCUT2D eigenvalue weighted by Gasteiger charge is 2.02. The minimum absolute atomic E-state index is 0.113. The first-order valence-electron chi connectivity index (χ1n) is 7.13. The molecule has 0 radical (unpaired) electrons. The summed E-state index contributed by atoms with van der Waals surface area (Å²) in [4.78, 5) is 10.7. The summed E-state index contributed by atoms with van der Waals surface area (Å²) in [7, 11) is 0. The molecule has 0 aliphatic carbocycles. The van der Waals surface area contributed by atoms with Crippen LogP contribution in [-0.2, 0) is 17.9 Å². The summed E-state index contributed by atoms with van der Waals surface area (Å²) >= 11 is 1.22. The number of hydrogen-bond acceptors (Lipinski definition) is 6. The van der Waals surface area contributed by atoms with Crippen LogP contribution < -0.4 is 15.8 Å². The third-order valence-electron chi connectivity index (χ3n) is 3.26. The molecule has 2 aromatic carbocycles. The van der Waals surface area contributed by atoms with Crippen molar-refractivity contribution >= 4 is 28.7 Å². The second-order valence-corrected chi connectivity index (χ2v) is 5.62. The lowest BCUT2D eigenvalue weighted by molar-refractivity contribution is -0.119. The number of amides is 1. The molecule has 0 spiro atoms. The zero-order chi connectivity index (χ0) is 16.1. The van der Waals surface area contributed by atoms with Gasteiger partial charge in [-0.15, -0.1) is 0 Å². The zero-order valence-corrected chi connectivity index (χ0v) is 13.2. The quantitative estimate of drug-likeness (QED) is 0.691. The van der Waals surface area contributed by atoms with E-state index in [1.54, 1.807) is 6.07 Å². The van der Waals surface area contributed by atoms with Gasteiger partial charge in [0.1, 0.15) is 16.8 Å². The molecule has 0 saturated carbocycles. The lowest BCUT2D eigenvalue weighted by atomic mass is 10.2. The zero-order valence-electron chi connectivity index (χ0n) is 12.4. The van der Waals surface area contributed by atoms with Crippen LogP contribution >= 0.6 is 11.7 Å². The van der Waals surface area contributed by atoms with E-state index < -0.39 is 5.91 Å². The molecule has 23 heavy (non-hydrogen) atoms. The molecule has 6 nitrogen and oxygen atoms in total. The van der Waals surface area contributed by atoms with E-state index in [1.165, 1.54) is 11.7 Å². The SMILES string of the molecule is NC(=O)COc1cccc(CNCc2ccc3nsnc3c2)c1. The van der Waals surface area contributed by atoms with Crippen molar-refractivity contribution in [3.05, 3.63) is 53.6 Å². The van der Waals surface area contributed by atoms with Crippen molar-refractivity contribution in [1.29, 1.82) is 0 Å². The number of carbonyl (C=O) groups is 1. The monoisotopic (exact) mass is 328 g/mol. The molecule has 0 aliphatic heterocycles. The maximum Gasteiger partial charge on any atom is 0.255 e. The average Bonchev–Trinajstić information content (AvgIpc) is 3.01. The Hall–Kier alpha value is -2.51. The number of aromatic nitrogens is 2. The van der Waals surface area contributed by atoms with Crippen LogP contribution in [0.1, 0.15) is 11.1 Å². The molecule has 0 bridgehead atoms. The van der Waals surface area contributed by atoms with Gasteiger partial charge >= 0.3 is 0 Å². The fourth-order valence-electron chi connectivity index (χ4n) is 2.19. The third kappa shape index (κ3) is 4.24. The van der Waals surface area contributed by atoms with Crippen LogP contribution in [0.4, 0.5) is 0 Å². The van der Waals surface area contributed by atoms with Gasteiger partial charge in [0.05, 0.1) is 11.7 Å². The van der Waals surface area contributed by atoms with Crippen LogP contribution in [0.25, 0.3) is 11.0 Å². The Morgan fingerprint density at radius 3 is 2.70 bits per heavy atom. The van der Waals surface area contributed by atoms with Gasteiger partial charge in [0.25, 0.3) is 5.91 Å². The number of ether oxygens (including phenoxy) is 1. The third-order valence-corrected chi connectivity index (χ3v) is 3.81. The van der Waals surface area contributed by atoms with Crippen molar-refractivity contribution in [3.8, 4) is 5.75 Å². The maximum absolute atomic E-state index is 10.7. The lowest BCUT2D eigenvalue weighted by Crippen LogP contribution is -2.20. The van der Waals surface area contributed by atoms with Gasteiger partial charge in [-0.2, -0.15) is 8.75 Å². The highest BCUT2D eigenvalue weighted by molar-refractivity contribution is 7.00. The number of fused-ring (bicyclic) bond motifs is 1. The largest absolute Gasteiger partial charge is 0.484 e. The number of benzene rings is 2. The summed E-state index contributed by atoms with van der Waals surface area (Å²) in [6, 6.07) is 13.6. The van der Waals surface area contributed by atoms with Gasteiger partial charge in [-0.3, -0.25) is 4.79 Å². The Bertz CT molecular complexity index is 818. The van der Waals surface area contributed by atoms with Crippen molar-refractivity contribution < 1.29 is 9.53 Å². The first kappa shape index (κ1) is 15.4. The van der Waals surface area contributed by atoms with Crippen molar-refractivity contribution in [2.24, 2.45) is 5.73 Å². The van der Waals surface area contributed by atoms with Gasteiger partial charge in [-0.05, 0) is 35.4 Å². The highest BCUT2D eigenvalue weighted by atomic mass is 32.1. The van der Waals surface area contributed by atoms with Crippen LogP contribution in [0.15, 0.2) is 42.5 Å². The summed E-state index contributed by atoms with van der Waals surface area (Å²) in [6.45, 7) is 1.32. The molecule has 3 N–H and O–H groups in total. The molecule has 7 heteroatoms. The number of rotatable bonds is 7. The fraction of sp³-hybridized carbons (Fsp3) is 0.188. The summed E-state index contributed by atoms with van der Waals surface area (Å²) in [5, 5.41) is 3.37. The number of nitrogens with one attached hydrogen (secondary N) is 1. The number of carbonyl (C=O) groups excluding carboxylic acids is 1. The molecule has 118 valence electrons. The maximum atomic E-state index is 10.7. The minimum Gasteiger partial charge on any atom is -0.484 e. The first-order chi connectivity index (χ1) is 11.2. The van der Waals surface area contributed by atoms with Gasteiger partial charge in [0.15, 0.2) is 6.61 Å². The van der Waals surface area contributed by atoms with Crippen molar-refractivity contribution in [1.82, 2.24) is 14.1 Å². The van der Waals surface area contributed by atoms with Crippen LogP contribution in [0, 0.1) is 0 Å². The normalized spacial score (nSPS) is 10.8. The van der Waals surface area contributed by atoms with Crippen molar-refractivity contribution in [3.63, 3.8) is 0 Å². The fourth-order valence-corrected chi connectivity index (χ4v) is 2.71. The van der Waals surface area contributed by atoms with E-state index in [2.05, 4.69) is 14.1 Å². The number of nitrogens with two attached hydrogens (primary N) is 1. The van der Waals surface area contributed by atoms with E-state index in [9.17, 15) is 4.79 Å². The highest BCUT2D eigenvalue weighted by Crippen LogP contribution is 2.15. The molecule has 0 fully saturated rings. The second kappa shape index (κ2) is 7.17. The Balaban J connectivity index is 1.55. The molecular weight excluding hydrogens is 312 g/mol. The standard InChI is InChI=1S/C16H16N4O2S/c17-16(21)10-22-13-3-1-2-11(6-13)8-18-9-12-4-5-14-15(7-12)20-23-19-14/h1-7,18H,8-10H2,(H2,17,21). The molecule has 0 atom stereocenters. The van der Waals surface area contributed by atoms with Gasteiger partial charge in [0.2, 0.25) is 0 Å². The number of primary amides is 1. The summed E-state index contributed by atoms with van der Waals surface area (Å²) < 4.78 is 13.7. The Morgan fingerprint density at radius 2 is 1.87 bits per heavy atom. The Labute approximate surface area is 137 Å². The molecule has 0 aliphatic rings. The van der Waals surface area contributed by atoms with Crippen LogP contribution in [0.5, 0.6) is 5.75 Å².